The third-order valence-corrected chi connectivity index (χ3v) is 21.1. The predicted octanol–water partition coefficient (Wildman–Crippen LogP) is 17.0. The Morgan fingerprint density at radius 1 is 0.430 bits per heavy atom. The molecule has 0 aliphatic rings. The maximum Gasteiger partial charge on any atom is 0.255 e. The molecule has 0 radical (unpaired) electrons. The summed E-state index contributed by atoms with van der Waals surface area (Å²) in [4.78, 5) is 41.6. The van der Waals surface area contributed by atoms with E-state index in [1.165, 1.54) is 0 Å². The number of fused-ring (bicyclic) bond motifs is 6. The van der Waals surface area contributed by atoms with E-state index in [1.807, 2.05) is 258 Å². The second-order valence-corrected chi connectivity index (χ2v) is 28.9. The van der Waals surface area contributed by atoms with Crippen LogP contribution in [0.25, 0.3) is 76.4 Å². The summed E-state index contributed by atoms with van der Waals surface area (Å²) in [6.07, 6.45) is 16.5. The number of rotatable bonds is 12. The van der Waals surface area contributed by atoms with Gasteiger partial charge in [-0.3, -0.25) is 28.4 Å². The zero-order valence-electron chi connectivity index (χ0n) is 63.9. The number of benzene rings is 6. The Hall–Kier alpha value is -14.9. The first kappa shape index (κ1) is 73.3. The summed E-state index contributed by atoms with van der Waals surface area (Å²) in [5.74, 6) is 19.9. The lowest BCUT2D eigenvalue weighted by molar-refractivity contribution is 0.0929. The second kappa shape index (κ2) is 31.6. The molecule has 558 valence electrons. The third kappa shape index (κ3) is 14.8. The van der Waals surface area contributed by atoms with E-state index in [0.29, 0.717) is 45.1 Å². The number of aryl methyl sites for hydroxylation is 6. The zero-order chi connectivity index (χ0) is 78.7. The van der Waals surface area contributed by atoms with E-state index in [9.17, 15) is 14.4 Å². The number of nitrogens with one attached hydrogen (secondary N) is 3. The summed E-state index contributed by atoms with van der Waals surface area (Å²) in [5.41, 5.74) is 19.2. The Kier molecular flexibility index (Phi) is 20.3. The molecule has 0 saturated heterocycles. The highest BCUT2D eigenvalue weighted by atomic mass is 32.1. The quantitative estimate of drug-likeness (QED) is 0.0985. The lowest BCUT2D eigenvalue weighted by atomic mass is 9.96. The van der Waals surface area contributed by atoms with E-state index in [0.717, 1.165) is 115 Å². The van der Waals surface area contributed by atoms with Gasteiger partial charge < -0.3 is 24.9 Å². The van der Waals surface area contributed by atoms with Gasteiger partial charge in [-0.05, 0) is 138 Å². The minimum atomic E-state index is -0.415. The van der Waals surface area contributed by atoms with Crippen molar-refractivity contribution >= 4 is 77.6 Å². The molecular weight excluding hydrogens is 1440 g/mol. The van der Waals surface area contributed by atoms with Crippen LogP contribution in [0.5, 0.6) is 0 Å². The van der Waals surface area contributed by atoms with Crippen molar-refractivity contribution in [1.29, 1.82) is 0 Å². The second-order valence-electron chi connectivity index (χ2n) is 27.8. The molecule has 3 N–H and O–H groups in total. The van der Waals surface area contributed by atoms with E-state index in [1.54, 1.807) is 57.5 Å². The molecule has 0 fully saturated rings. The van der Waals surface area contributed by atoms with Gasteiger partial charge in [0, 0.05) is 123 Å². The van der Waals surface area contributed by atoms with E-state index in [4.69, 9.17) is 4.42 Å². The topological polar surface area (TPSA) is 211 Å². The zero-order valence-corrected chi connectivity index (χ0v) is 64.7. The molecule has 0 aliphatic carbocycles. The molecule has 0 saturated carbocycles. The Morgan fingerprint density at radius 2 is 0.851 bits per heavy atom. The molecule has 20 nitrogen and oxygen atoms in total. The smallest absolute Gasteiger partial charge is 0.255 e. The summed E-state index contributed by atoms with van der Waals surface area (Å²) >= 11 is 1.69. The number of amides is 3. The van der Waals surface area contributed by atoms with Crippen LogP contribution in [0.3, 0.4) is 0 Å². The van der Waals surface area contributed by atoms with Crippen LogP contribution in [0.1, 0.15) is 137 Å². The summed E-state index contributed by atoms with van der Waals surface area (Å²) < 4.78 is 20.2. The molecule has 114 heavy (non-hydrogen) atoms. The molecule has 6 aromatic carbocycles. The standard InChI is InChI=1S/C31H26N6O.C31H25N5O2.C31H25N5OS/c1-21(33-31(38)29-22(2)34-36-17-8-7-14-27(29)36)28-18-25-11-9-10-24(16-15-23-19-32-35(3)20-23)30(25)37(28)26-12-5-4-6-13-26;2*1-20-27(25-13-7-8-17-36(25)34-20)31(37)33-21(2)30-29(23-10-5-4-6-11-23)28-24(12-9-14-26(28)38-30)16-15-22-18-32-35(3)19-22/h4-14,17-21H,1-3H3,(H,33,38);2*4-14,17-19,21H,1-3H3,(H,33,37)/t3*21-/m000/s1. The van der Waals surface area contributed by atoms with E-state index >= 15 is 0 Å². The van der Waals surface area contributed by atoms with Crippen LogP contribution in [-0.4, -0.2) is 80.5 Å². The molecule has 0 spiro atoms. The summed E-state index contributed by atoms with van der Waals surface area (Å²) in [6.45, 7) is 11.6. The fourth-order valence-corrected chi connectivity index (χ4v) is 15.8. The lowest BCUT2D eigenvalue weighted by Crippen LogP contribution is -2.28. The van der Waals surface area contributed by atoms with Crippen LogP contribution in [0, 0.1) is 56.3 Å². The van der Waals surface area contributed by atoms with Gasteiger partial charge in [0.25, 0.3) is 17.7 Å². The maximum atomic E-state index is 13.5. The van der Waals surface area contributed by atoms with Gasteiger partial charge in [-0.15, -0.1) is 11.3 Å². The number of hydrogen-bond donors (Lipinski definition) is 3. The van der Waals surface area contributed by atoms with Crippen molar-refractivity contribution in [3.63, 3.8) is 0 Å². The van der Waals surface area contributed by atoms with Crippen molar-refractivity contribution in [1.82, 2.24) is 78.7 Å². The molecule has 21 heteroatoms. The van der Waals surface area contributed by atoms with Crippen molar-refractivity contribution in [2.45, 2.75) is 59.7 Å². The molecule has 18 rings (SSSR count). The van der Waals surface area contributed by atoms with Crippen molar-refractivity contribution in [2.75, 3.05) is 0 Å². The van der Waals surface area contributed by atoms with Crippen LogP contribution >= 0.6 is 11.3 Å². The molecular formula is C93H76N16O4S. The van der Waals surface area contributed by atoms with Crippen LogP contribution in [0.4, 0.5) is 0 Å². The Labute approximate surface area is 661 Å². The predicted molar refractivity (Wildman–Crippen MR) is 447 cm³/mol. The highest BCUT2D eigenvalue weighted by Gasteiger charge is 2.29. The van der Waals surface area contributed by atoms with Gasteiger partial charge in [0.05, 0.1) is 109 Å². The van der Waals surface area contributed by atoms with Gasteiger partial charge in [0.1, 0.15) is 11.3 Å². The highest BCUT2D eigenvalue weighted by Crippen LogP contribution is 2.45. The third-order valence-electron chi connectivity index (χ3n) is 19.7. The monoisotopic (exact) mass is 1510 g/mol. The minimum Gasteiger partial charge on any atom is -0.458 e. The number of furan rings is 1. The number of hydrogen-bond acceptors (Lipinski definition) is 11. The van der Waals surface area contributed by atoms with Gasteiger partial charge in [-0.25, -0.2) is 13.5 Å². The number of thiophene rings is 1. The number of carbonyl (C=O) groups excluding carboxylic acids is 3. The molecule has 3 atom stereocenters. The van der Waals surface area contributed by atoms with Gasteiger partial charge in [0.2, 0.25) is 0 Å². The van der Waals surface area contributed by atoms with Gasteiger partial charge in [-0.1, -0.05) is 157 Å². The van der Waals surface area contributed by atoms with Crippen molar-refractivity contribution in [2.24, 2.45) is 21.1 Å². The van der Waals surface area contributed by atoms with Crippen molar-refractivity contribution in [3.8, 4) is 63.5 Å². The Balaban J connectivity index is 0.000000129. The minimum absolute atomic E-state index is 0.135. The van der Waals surface area contributed by atoms with E-state index in [2.05, 4.69) is 135 Å². The van der Waals surface area contributed by atoms with Gasteiger partial charge in [0.15, 0.2) is 0 Å². The van der Waals surface area contributed by atoms with Gasteiger partial charge >= 0.3 is 0 Å². The summed E-state index contributed by atoms with van der Waals surface area (Å²) in [6, 6.07) is 67.1. The van der Waals surface area contributed by atoms with Crippen molar-refractivity contribution < 1.29 is 18.8 Å². The number of para-hydroxylation sites is 2. The number of pyridine rings is 3. The van der Waals surface area contributed by atoms with Crippen LogP contribution in [-0.2, 0) is 21.1 Å². The lowest BCUT2D eigenvalue weighted by Gasteiger charge is -2.18. The van der Waals surface area contributed by atoms with Gasteiger partial charge in [-0.2, -0.15) is 30.6 Å². The fraction of sp³-hybridized carbons (Fsp3) is 0.129. The highest BCUT2D eigenvalue weighted by molar-refractivity contribution is 7.19. The Morgan fingerprint density at radius 3 is 1.34 bits per heavy atom. The molecule has 0 unspecified atom stereocenters. The fourth-order valence-electron chi connectivity index (χ4n) is 14.6. The average molecular weight is 1510 g/mol. The molecule has 12 aromatic heterocycles. The first-order valence-electron chi connectivity index (χ1n) is 37.2. The first-order valence-corrected chi connectivity index (χ1v) is 38.0. The normalized spacial score (nSPS) is 11.9. The van der Waals surface area contributed by atoms with Crippen LogP contribution < -0.4 is 16.0 Å². The first-order chi connectivity index (χ1) is 55.5. The van der Waals surface area contributed by atoms with Crippen LogP contribution in [0.15, 0.2) is 266 Å². The molecule has 0 bridgehead atoms. The molecule has 0 aliphatic heterocycles. The van der Waals surface area contributed by atoms with Crippen molar-refractivity contribution in [3.05, 3.63) is 346 Å². The number of nitrogens with zero attached hydrogens (tertiary/aromatic N) is 13. The van der Waals surface area contributed by atoms with Crippen LogP contribution in [0.2, 0.25) is 0 Å². The maximum absolute atomic E-state index is 13.5. The molecule has 12 heterocycles. The van der Waals surface area contributed by atoms with E-state index in [-0.39, 0.29) is 29.8 Å². The SMILES string of the molecule is Cc1nn2ccccc2c1C(=O)N[C@@H](C)c1cc2cccc(C#Cc3cnn(C)c3)c2n1-c1ccccc1.Cc1nn2ccccc2c1C(=O)N[C@@H](C)c1oc2cccc(C#Cc3cnn(C)c3)c2c1-c1ccccc1.Cc1nn2ccccc2c1C(=O)N[C@@H](C)c1sc2cccc(C#Cc3cnn(C)c3)c2c1-c1ccccc1. The Bertz CT molecular complexity index is 6250. The number of aromatic nitrogens is 13. The number of carbonyl (C=O) groups is 3. The van der Waals surface area contributed by atoms with E-state index < -0.39 is 6.04 Å². The largest absolute Gasteiger partial charge is 0.458 e. The summed E-state index contributed by atoms with van der Waals surface area (Å²) in [7, 11) is 5.63. The summed E-state index contributed by atoms with van der Waals surface area (Å²) in [5, 5.41) is 38.8. The molecule has 18 aromatic rings. The average Bonchev–Trinajstić information content (AvgIpc) is 1.61. The molecule has 3 amide bonds.